The van der Waals surface area contributed by atoms with E-state index in [0.29, 0.717) is 17.9 Å². The van der Waals surface area contributed by atoms with Crippen LogP contribution in [-0.4, -0.2) is 23.0 Å². The van der Waals surface area contributed by atoms with E-state index >= 15 is 0 Å². The molecule has 0 aliphatic rings. The van der Waals surface area contributed by atoms with Crippen molar-refractivity contribution in [2.45, 2.75) is 26.3 Å². The van der Waals surface area contributed by atoms with Crippen molar-refractivity contribution in [3.63, 3.8) is 0 Å². The van der Waals surface area contributed by atoms with Crippen LogP contribution in [0.25, 0.3) is 10.9 Å². The zero-order valence-electron chi connectivity index (χ0n) is 18.3. The van der Waals surface area contributed by atoms with Crippen LogP contribution in [0.3, 0.4) is 0 Å². The second-order valence-corrected chi connectivity index (χ2v) is 8.65. The van der Waals surface area contributed by atoms with E-state index in [9.17, 15) is 9.59 Å². The number of carbonyl (C=O) groups excluding carboxylic acids is 2. The second kappa shape index (κ2) is 9.92. The predicted molar refractivity (Wildman–Crippen MR) is 134 cm³/mol. The highest BCUT2D eigenvalue weighted by Gasteiger charge is 2.24. The minimum atomic E-state index is -0.844. The van der Waals surface area contributed by atoms with Gasteiger partial charge in [-0.15, -0.1) is 0 Å². The summed E-state index contributed by atoms with van der Waals surface area (Å²) < 4.78 is 6.34. The Labute approximate surface area is 200 Å². The summed E-state index contributed by atoms with van der Waals surface area (Å²) in [6.45, 7) is 3.93. The van der Waals surface area contributed by atoms with Gasteiger partial charge >= 0.3 is 6.09 Å². The standard InChI is InChI=1S/C26H24BrN3O3/c1-16-17(2)22(13-12-21(16)27)29-25(31)24(30-26(32)33-19-8-4-3-5-9-19)14-18-15-28-23-11-7-6-10-20(18)23/h3-13,15,24,28H,14H2,1-2H3,(H,29,31)(H,30,32)/t24-/m1/s1. The molecule has 3 aromatic carbocycles. The van der Waals surface area contributed by atoms with Gasteiger partial charge in [0.05, 0.1) is 0 Å². The average molecular weight is 506 g/mol. The van der Waals surface area contributed by atoms with Gasteiger partial charge in [0.2, 0.25) is 5.91 Å². The summed E-state index contributed by atoms with van der Waals surface area (Å²) in [4.78, 5) is 29.1. The lowest BCUT2D eigenvalue weighted by molar-refractivity contribution is -0.118. The first kappa shape index (κ1) is 22.6. The van der Waals surface area contributed by atoms with Gasteiger partial charge in [-0.25, -0.2) is 4.79 Å². The first-order chi connectivity index (χ1) is 15.9. The molecule has 7 heteroatoms. The summed E-state index contributed by atoms with van der Waals surface area (Å²) in [5, 5.41) is 6.71. The number of rotatable bonds is 6. The Kier molecular flexibility index (Phi) is 6.79. The number of H-pyrrole nitrogens is 1. The molecule has 33 heavy (non-hydrogen) atoms. The summed E-state index contributed by atoms with van der Waals surface area (Å²) in [7, 11) is 0. The van der Waals surface area contributed by atoms with E-state index in [2.05, 4.69) is 31.5 Å². The van der Waals surface area contributed by atoms with Crippen LogP contribution in [-0.2, 0) is 11.2 Å². The Balaban J connectivity index is 1.58. The number of hydrogen-bond acceptors (Lipinski definition) is 3. The number of para-hydroxylation sites is 2. The monoisotopic (exact) mass is 505 g/mol. The maximum Gasteiger partial charge on any atom is 0.413 e. The molecule has 3 N–H and O–H groups in total. The molecule has 0 aliphatic carbocycles. The topological polar surface area (TPSA) is 83.2 Å². The van der Waals surface area contributed by atoms with Crippen molar-refractivity contribution in [1.82, 2.24) is 10.3 Å². The highest BCUT2D eigenvalue weighted by Crippen LogP contribution is 2.26. The van der Waals surface area contributed by atoms with Crippen molar-refractivity contribution in [2.75, 3.05) is 5.32 Å². The van der Waals surface area contributed by atoms with Crippen LogP contribution in [0.4, 0.5) is 10.5 Å². The van der Waals surface area contributed by atoms with Crippen molar-refractivity contribution in [3.05, 3.63) is 94.1 Å². The van der Waals surface area contributed by atoms with E-state index in [-0.39, 0.29) is 5.91 Å². The van der Waals surface area contributed by atoms with Gasteiger partial charge in [0.1, 0.15) is 11.8 Å². The van der Waals surface area contributed by atoms with Crippen LogP contribution < -0.4 is 15.4 Å². The van der Waals surface area contributed by atoms with Gasteiger partial charge in [0, 0.05) is 33.7 Å². The average Bonchev–Trinajstić information content (AvgIpc) is 3.22. The van der Waals surface area contributed by atoms with Crippen LogP contribution >= 0.6 is 15.9 Å². The number of ether oxygens (including phenoxy) is 1. The molecule has 1 heterocycles. The number of amides is 2. The maximum atomic E-state index is 13.3. The number of halogens is 1. The van der Waals surface area contributed by atoms with E-state index in [0.717, 1.165) is 32.1 Å². The maximum absolute atomic E-state index is 13.3. The third-order valence-electron chi connectivity index (χ3n) is 5.64. The number of hydrogen-bond donors (Lipinski definition) is 3. The fourth-order valence-corrected chi connectivity index (χ4v) is 4.07. The fourth-order valence-electron chi connectivity index (χ4n) is 3.64. The lowest BCUT2D eigenvalue weighted by Crippen LogP contribution is -2.46. The van der Waals surface area contributed by atoms with Crippen LogP contribution in [0.2, 0.25) is 0 Å². The third-order valence-corrected chi connectivity index (χ3v) is 6.50. The van der Waals surface area contributed by atoms with Crippen molar-refractivity contribution < 1.29 is 14.3 Å². The number of benzene rings is 3. The number of anilines is 1. The number of aromatic amines is 1. The molecule has 0 saturated heterocycles. The minimum absolute atomic E-state index is 0.300. The summed E-state index contributed by atoms with van der Waals surface area (Å²) in [5.41, 5.74) is 4.59. The molecule has 0 unspecified atom stereocenters. The SMILES string of the molecule is Cc1c(Br)ccc(NC(=O)[C@@H](Cc2c[nH]c3ccccc23)NC(=O)Oc2ccccc2)c1C. The van der Waals surface area contributed by atoms with Crippen LogP contribution in [0, 0.1) is 13.8 Å². The molecule has 0 radical (unpaired) electrons. The number of aromatic nitrogens is 1. The zero-order valence-corrected chi connectivity index (χ0v) is 19.9. The third kappa shape index (κ3) is 5.26. The van der Waals surface area contributed by atoms with Crippen molar-refractivity contribution in [2.24, 2.45) is 0 Å². The molecular weight excluding hydrogens is 482 g/mol. The van der Waals surface area contributed by atoms with Gasteiger partial charge in [-0.05, 0) is 60.9 Å². The Morgan fingerprint density at radius 1 is 0.970 bits per heavy atom. The first-order valence-electron chi connectivity index (χ1n) is 10.6. The summed E-state index contributed by atoms with van der Waals surface area (Å²) in [5.74, 6) is 0.0794. The van der Waals surface area contributed by atoms with E-state index in [1.807, 2.05) is 62.5 Å². The van der Waals surface area contributed by atoms with Crippen molar-refractivity contribution in [1.29, 1.82) is 0 Å². The molecule has 2 amide bonds. The zero-order chi connectivity index (χ0) is 23.4. The lowest BCUT2D eigenvalue weighted by atomic mass is 10.0. The summed E-state index contributed by atoms with van der Waals surface area (Å²) in [6, 6.07) is 19.5. The second-order valence-electron chi connectivity index (χ2n) is 7.80. The van der Waals surface area contributed by atoms with Gasteiger partial charge in [-0.2, -0.15) is 0 Å². The van der Waals surface area contributed by atoms with E-state index in [4.69, 9.17) is 4.74 Å². The minimum Gasteiger partial charge on any atom is -0.410 e. The van der Waals surface area contributed by atoms with Crippen molar-refractivity contribution >= 4 is 44.5 Å². The van der Waals surface area contributed by atoms with Gasteiger partial charge in [-0.1, -0.05) is 52.3 Å². The first-order valence-corrected chi connectivity index (χ1v) is 11.4. The quantitative estimate of drug-likeness (QED) is 0.305. The Hall–Kier alpha value is -3.58. The predicted octanol–water partition coefficient (Wildman–Crippen LogP) is 5.89. The van der Waals surface area contributed by atoms with Gasteiger partial charge in [0.15, 0.2) is 0 Å². The summed E-state index contributed by atoms with van der Waals surface area (Å²) in [6.07, 6.45) is 1.48. The molecule has 4 aromatic rings. The molecule has 0 fully saturated rings. The van der Waals surface area contributed by atoms with Crippen LogP contribution in [0.15, 0.2) is 77.4 Å². The molecular formula is C26H24BrN3O3. The smallest absolute Gasteiger partial charge is 0.410 e. The van der Waals surface area contributed by atoms with Crippen molar-refractivity contribution in [3.8, 4) is 5.75 Å². The molecule has 1 atom stereocenters. The molecule has 6 nitrogen and oxygen atoms in total. The van der Waals surface area contributed by atoms with Gasteiger partial charge in [-0.3, -0.25) is 4.79 Å². The lowest BCUT2D eigenvalue weighted by Gasteiger charge is -2.20. The molecule has 1 aromatic heterocycles. The van der Waals surface area contributed by atoms with E-state index in [1.165, 1.54) is 0 Å². The molecule has 168 valence electrons. The van der Waals surface area contributed by atoms with Crippen LogP contribution in [0.1, 0.15) is 16.7 Å². The molecule has 0 aliphatic heterocycles. The number of carbonyl (C=O) groups is 2. The number of fused-ring (bicyclic) bond motifs is 1. The molecule has 4 rings (SSSR count). The molecule has 0 spiro atoms. The Morgan fingerprint density at radius 3 is 2.48 bits per heavy atom. The van der Waals surface area contributed by atoms with Crippen LogP contribution in [0.5, 0.6) is 5.75 Å². The van der Waals surface area contributed by atoms with E-state index < -0.39 is 12.1 Å². The van der Waals surface area contributed by atoms with E-state index in [1.54, 1.807) is 24.3 Å². The Bertz CT molecular complexity index is 1300. The fraction of sp³-hybridized carbons (Fsp3) is 0.154. The highest BCUT2D eigenvalue weighted by molar-refractivity contribution is 9.10. The normalized spacial score (nSPS) is 11.7. The van der Waals surface area contributed by atoms with Gasteiger partial charge < -0.3 is 20.4 Å². The van der Waals surface area contributed by atoms with Gasteiger partial charge in [0.25, 0.3) is 0 Å². The molecule has 0 bridgehead atoms. The Morgan fingerprint density at radius 2 is 1.70 bits per heavy atom. The number of nitrogens with one attached hydrogen (secondary N) is 3. The molecule has 0 saturated carbocycles. The highest BCUT2D eigenvalue weighted by atomic mass is 79.9. The largest absolute Gasteiger partial charge is 0.413 e. The summed E-state index contributed by atoms with van der Waals surface area (Å²) >= 11 is 3.51.